The number of nitriles is 1. The maximum absolute atomic E-state index is 11.5. The van der Waals surface area contributed by atoms with Gasteiger partial charge in [-0.2, -0.15) is 5.26 Å². The van der Waals surface area contributed by atoms with E-state index in [1.165, 1.54) is 7.11 Å². The van der Waals surface area contributed by atoms with Crippen molar-refractivity contribution in [2.24, 2.45) is 0 Å². The molecule has 1 aliphatic heterocycles. The number of carbonyl (C=O) groups is 1. The van der Waals surface area contributed by atoms with Crippen LogP contribution in [-0.4, -0.2) is 35.2 Å². The molecule has 0 radical (unpaired) electrons. The van der Waals surface area contributed by atoms with Gasteiger partial charge >= 0.3 is 5.97 Å². The van der Waals surface area contributed by atoms with E-state index in [1.807, 2.05) is 11.0 Å². The molecule has 1 aromatic rings. The Morgan fingerprint density at radius 1 is 1.58 bits per heavy atom. The lowest BCUT2D eigenvalue weighted by Gasteiger charge is -2.20. The Hall–Kier alpha value is -2.36. The third-order valence-corrected chi connectivity index (χ3v) is 3.16. The highest BCUT2D eigenvalue weighted by atomic mass is 16.5. The van der Waals surface area contributed by atoms with Crippen LogP contribution < -0.4 is 0 Å². The Labute approximate surface area is 110 Å². The van der Waals surface area contributed by atoms with Gasteiger partial charge in [-0.1, -0.05) is 0 Å². The molecule has 1 atom stereocenters. The number of methoxy groups -OCH3 is 1. The second-order valence-corrected chi connectivity index (χ2v) is 4.25. The van der Waals surface area contributed by atoms with E-state index in [0.717, 1.165) is 6.42 Å². The van der Waals surface area contributed by atoms with E-state index in [2.05, 4.69) is 14.9 Å². The highest BCUT2D eigenvalue weighted by Crippen LogP contribution is 2.37. The predicted molar refractivity (Wildman–Crippen MR) is 63.4 cm³/mol. The molecule has 1 aromatic heterocycles. The third kappa shape index (κ3) is 2.29. The maximum Gasteiger partial charge on any atom is 0.350 e. The summed E-state index contributed by atoms with van der Waals surface area (Å²) in [7, 11) is 3.06. The van der Waals surface area contributed by atoms with Gasteiger partial charge in [-0.3, -0.25) is 0 Å². The fourth-order valence-electron chi connectivity index (χ4n) is 2.20. The highest BCUT2D eigenvalue weighted by molar-refractivity contribution is 5.93. The Morgan fingerprint density at radius 3 is 2.84 bits per heavy atom. The van der Waals surface area contributed by atoms with Crippen LogP contribution in [0.2, 0.25) is 0 Å². The minimum absolute atomic E-state index is 0.0312. The van der Waals surface area contributed by atoms with Crippen LogP contribution in [0.1, 0.15) is 30.7 Å². The molecule has 0 amide bonds. The van der Waals surface area contributed by atoms with E-state index in [0.29, 0.717) is 23.9 Å². The van der Waals surface area contributed by atoms with Crippen LogP contribution in [0.3, 0.4) is 0 Å². The molecular weight excluding hydrogens is 248 g/mol. The molecule has 7 nitrogen and oxygen atoms in total. The topological polar surface area (TPSA) is 92.2 Å². The molecule has 7 heteroatoms. The van der Waals surface area contributed by atoms with Gasteiger partial charge in [0.25, 0.3) is 0 Å². The van der Waals surface area contributed by atoms with Gasteiger partial charge in [-0.15, -0.1) is 10.2 Å². The molecule has 1 fully saturated rings. The van der Waals surface area contributed by atoms with E-state index in [4.69, 9.17) is 9.68 Å². The van der Waals surface area contributed by atoms with Crippen molar-refractivity contribution in [3.63, 3.8) is 0 Å². The number of likely N-dealkylation sites (tertiary alicyclic amines) is 1. The van der Waals surface area contributed by atoms with Gasteiger partial charge in [0, 0.05) is 19.7 Å². The molecule has 2 heterocycles. The fourth-order valence-corrected chi connectivity index (χ4v) is 2.20. The minimum Gasteiger partial charge on any atom is -0.465 e. The Balaban J connectivity index is 2.31. The van der Waals surface area contributed by atoms with Gasteiger partial charge in [0.05, 0.1) is 7.11 Å². The Morgan fingerprint density at radius 2 is 2.32 bits per heavy atom. The molecule has 1 aliphatic rings. The van der Waals surface area contributed by atoms with Crippen molar-refractivity contribution in [2.75, 3.05) is 14.2 Å². The van der Waals surface area contributed by atoms with Crippen molar-refractivity contribution >= 4 is 5.97 Å². The van der Waals surface area contributed by atoms with Crippen LogP contribution in [0.4, 0.5) is 0 Å². The van der Waals surface area contributed by atoms with Gasteiger partial charge in [-0.25, -0.2) is 4.79 Å². The summed E-state index contributed by atoms with van der Waals surface area (Å²) in [6, 6.07) is 1.79. The highest BCUT2D eigenvalue weighted by Gasteiger charge is 2.34. The first-order chi connectivity index (χ1) is 9.08. The van der Waals surface area contributed by atoms with Gasteiger partial charge in [0.2, 0.25) is 11.8 Å². The van der Waals surface area contributed by atoms with Crippen LogP contribution in [-0.2, 0) is 9.53 Å². The predicted octanol–water partition coefficient (Wildman–Crippen LogP) is 1.10. The van der Waals surface area contributed by atoms with E-state index < -0.39 is 5.97 Å². The van der Waals surface area contributed by atoms with Crippen LogP contribution in [0.25, 0.3) is 0 Å². The number of nitrogens with zero attached hydrogens (tertiary/aromatic N) is 4. The standard InChI is InChI=1S/C12H14N4O3/c1-7-14-15-11(19-7)10-5-4-9(16(10)2)8(6-13)12(17)18-3/h10H,4-5H2,1-3H3/b9-8-. The van der Waals surface area contributed by atoms with Crippen LogP contribution in [0, 0.1) is 18.3 Å². The second-order valence-electron chi connectivity index (χ2n) is 4.25. The molecular formula is C12H14N4O3. The first kappa shape index (κ1) is 13.1. The zero-order valence-electron chi connectivity index (χ0n) is 11.0. The molecule has 2 rings (SSSR count). The summed E-state index contributed by atoms with van der Waals surface area (Å²) in [6.45, 7) is 1.72. The largest absolute Gasteiger partial charge is 0.465 e. The van der Waals surface area contributed by atoms with Gasteiger partial charge < -0.3 is 14.1 Å². The Bertz CT molecular complexity index is 570. The quantitative estimate of drug-likeness (QED) is 0.447. The van der Waals surface area contributed by atoms with Crippen molar-refractivity contribution < 1.29 is 13.9 Å². The van der Waals surface area contributed by atoms with E-state index >= 15 is 0 Å². The number of aryl methyl sites for hydroxylation is 1. The number of aromatic nitrogens is 2. The number of hydrogen-bond donors (Lipinski definition) is 0. The van der Waals surface area contributed by atoms with Gasteiger partial charge in [0.1, 0.15) is 12.1 Å². The summed E-state index contributed by atoms with van der Waals surface area (Å²) in [5, 5.41) is 16.9. The van der Waals surface area contributed by atoms with E-state index in [1.54, 1.807) is 14.0 Å². The number of rotatable bonds is 2. The molecule has 19 heavy (non-hydrogen) atoms. The molecule has 0 saturated carbocycles. The summed E-state index contributed by atoms with van der Waals surface area (Å²) in [5.41, 5.74) is 0.680. The van der Waals surface area contributed by atoms with Crippen molar-refractivity contribution in [1.82, 2.24) is 15.1 Å². The number of carbonyl (C=O) groups excluding carboxylic acids is 1. The normalized spacial score (nSPS) is 21.2. The van der Waals surface area contributed by atoms with Crippen molar-refractivity contribution in [3.05, 3.63) is 23.1 Å². The average molecular weight is 262 g/mol. The lowest BCUT2D eigenvalue weighted by atomic mass is 10.1. The minimum atomic E-state index is -0.619. The van der Waals surface area contributed by atoms with Crippen LogP contribution in [0.15, 0.2) is 15.7 Å². The lowest BCUT2D eigenvalue weighted by molar-refractivity contribution is -0.135. The average Bonchev–Trinajstić information content (AvgIpc) is 2.97. The second kappa shape index (κ2) is 5.10. The zero-order valence-corrected chi connectivity index (χ0v) is 11.0. The summed E-state index contributed by atoms with van der Waals surface area (Å²) in [4.78, 5) is 13.4. The molecule has 0 N–H and O–H groups in total. The van der Waals surface area contributed by atoms with Gasteiger partial charge in [-0.05, 0) is 12.8 Å². The summed E-state index contributed by atoms with van der Waals surface area (Å²) in [5.74, 6) is 0.373. The molecule has 1 unspecified atom stereocenters. The van der Waals surface area contributed by atoms with Crippen LogP contribution in [0.5, 0.6) is 0 Å². The van der Waals surface area contributed by atoms with Gasteiger partial charge in [0.15, 0.2) is 5.57 Å². The molecule has 100 valence electrons. The van der Waals surface area contributed by atoms with E-state index in [9.17, 15) is 4.79 Å². The smallest absolute Gasteiger partial charge is 0.350 e. The molecule has 0 aromatic carbocycles. The third-order valence-electron chi connectivity index (χ3n) is 3.16. The number of hydrogen-bond acceptors (Lipinski definition) is 7. The molecule has 0 bridgehead atoms. The molecule has 1 saturated heterocycles. The number of allylic oxidation sites excluding steroid dienone is 1. The van der Waals surface area contributed by atoms with Crippen molar-refractivity contribution in [3.8, 4) is 6.07 Å². The van der Waals surface area contributed by atoms with Crippen molar-refractivity contribution in [2.45, 2.75) is 25.8 Å². The molecule has 0 aliphatic carbocycles. The van der Waals surface area contributed by atoms with E-state index in [-0.39, 0.29) is 11.6 Å². The fraction of sp³-hybridized carbons (Fsp3) is 0.500. The van der Waals surface area contributed by atoms with Crippen molar-refractivity contribution in [1.29, 1.82) is 5.26 Å². The van der Waals surface area contributed by atoms with Crippen LogP contribution >= 0.6 is 0 Å². The maximum atomic E-state index is 11.5. The monoisotopic (exact) mass is 262 g/mol. The zero-order chi connectivity index (χ0) is 14.0. The summed E-state index contributed by atoms with van der Waals surface area (Å²) < 4.78 is 10.0. The first-order valence-electron chi connectivity index (χ1n) is 5.83. The number of esters is 1. The Kier molecular flexibility index (Phi) is 3.51. The number of ether oxygens (including phenoxy) is 1. The molecule has 0 spiro atoms. The SMILES string of the molecule is COC(=O)/C(C#N)=C1/CCC(c2nnc(C)o2)N1C. The first-order valence-corrected chi connectivity index (χ1v) is 5.83. The summed E-state index contributed by atoms with van der Waals surface area (Å²) in [6.07, 6.45) is 1.32. The summed E-state index contributed by atoms with van der Waals surface area (Å²) >= 11 is 0. The lowest BCUT2D eigenvalue weighted by Crippen LogP contribution is -2.20.